The van der Waals surface area contributed by atoms with Crippen molar-refractivity contribution < 1.29 is 18.0 Å². The molecule has 0 bridgehead atoms. The maximum absolute atomic E-state index is 12.0. The van der Waals surface area contributed by atoms with Gasteiger partial charge in [-0.25, -0.2) is 15.0 Å². The highest BCUT2D eigenvalue weighted by Gasteiger charge is 2.30. The molecule has 0 unspecified atom stereocenters. The number of carbonyl (C=O) groups is 1. The lowest BCUT2D eigenvalue weighted by molar-refractivity contribution is -0.153. The minimum atomic E-state index is -4.50. The number of amides is 1. The van der Waals surface area contributed by atoms with Crippen LogP contribution in [0.2, 0.25) is 0 Å². The molecule has 2 aromatic heterocycles. The normalized spacial score (nSPS) is 11.3. The Labute approximate surface area is 130 Å². The molecule has 0 saturated heterocycles. The van der Waals surface area contributed by atoms with Gasteiger partial charge < -0.3 is 10.6 Å². The molecule has 2 N–H and O–H groups in total. The quantitative estimate of drug-likeness (QED) is 0.784. The summed E-state index contributed by atoms with van der Waals surface area (Å²) in [6.07, 6.45) is -1.23. The number of aryl methyl sites for hydroxylation is 1. The van der Waals surface area contributed by atoms with Gasteiger partial charge in [0.2, 0.25) is 5.91 Å². The lowest BCUT2D eigenvalue weighted by Crippen LogP contribution is -2.32. The number of carbonyl (C=O) groups excluding carboxylic acids is 1. The van der Waals surface area contributed by atoms with Gasteiger partial charge in [-0.1, -0.05) is 0 Å². The first-order chi connectivity index (χ1) is 10.8. The van der Waals surface area contributed by atoms with Gasteiger partial charge in [0, 0.05) is 31.5 Å². The standard InChI is InChI=1S/C13H15F3N6O/c1-9-17-4-5-22(9)11-6-10(20-8-21-11)18-2-3-19-12(23)7-13(14,15)16/h4-6,8H,2-3,7H2,1H3,(H,19,23)(H,18,20,21). The highest BCUT2D eigenvalue weighted by Crippen LogP contribution is 2.18. The van der Waals surface area contributed by atoms with Crippen molar-refractivity contribution in [2.24, 2.45) is 0 Å². The van der Waals surface area contributed by atoms with Gasteiger partial charge in [-0.15, -0.1) is 0 Å². The smallest absolute Gasteiger partial charge is 0.368 e. The number of hydrogen-bond donors (Lipinski definition) is 2. The fourth-order valence-electron chi connectivity index (χ4n) is 1.83. The molecule has 0 atom stereocenters. The zero-order valence-corrected chi connectivity index (χ0v) is 12.3. The number of halogens is 3. The van der Waals surface area contributed by atoms with Crippen LogP contribution in [0.5, 0.6) is 0 Å². The average Bonchev–Trinajstić information content (AvgIpc) is 2.88. The number of imidazole rings is 1. The van der Waals surface area contributed by atoms with Gasteiger partial charge in [0.25, 0.3) is 0 Å². The molecule has 10 heteroatoms. The van der Waals surface area contributed by atoms with Crippen molar-refractivity contribution in [3.63, 3.8) is 0 Å². The van der Waals surface area contributed by atoms with E-state index in [1.54, 1.807) is 23.0 Å². The highest BCUT2D eigenvalue weighted by atomic mass is 19.4. The lowest BCUT2D eigenvalue weighted by Gasteiger charge is -2.10. The molecule has 0 aliphatic carbocycles. The Balaban J connectivity index is 1.83. The van der Waals surface area contributed by atoms with Crippen LogP contribution in [0, 0.1) is 6.92 Å². The Bertz CT molecular complexity index is 670. The molecular weight excluding hydrogens is 313 g/mol. The van der Waals surface area contributed by atoms with Crippen LogP contribution in [0.15, 0.2) is 24.8 Å². The van der Waals surface area contributed by atoms with Crippen molar-refractivity contribution in [1.29, 1.82) is 0 Å². The van der Waals surface area contributed by atoms with Crippen molar-refractivity contribution in [1.82, 2.24) is 24.8 Å². The highest BCUT2D eigenvalue weighted by molar-refractivity contribution is 5.76. The summed E-state index contributed by atoms with van der Waals surface area (Å²) in [5.41, 5.74) is 0. The fourth-order valence-corrected chi connectivity index (χ4v) is 1.83. The molecule has 2 aromatic rings. The van der Waals surface area contributed by atoms with Gasteiger partial charge in [0.15, 0.2) is 0 Å². The maximum Gasteiger partial charge on any atom is 0.397 e. The average molecular weight is 328 g/mol. The predicted octanol–water partition coefficient (Wildman–Crippen LogP) is 1.45. The van der Waals surface area contributed by atoms with E-state index in [0.717, 1.165) is 5.82 Å². The summed E-state index contributed by atoms with van der Waals surface area (Å²) >= 11 is 0. The van der Waals surface area contributed by atoms with Gasteiger partial charge in [-0.3, -0.25) is 9.36 Å². The molecule has 124 valence electrons. The van der Waals surface area contributed by atoms with Crippen LogP contribution >= 0.6 is 0 Å². The summed E-state index contributed by atoms with van der Waals surface area (Å²) in [6.45, 7) is 2.12. The van der Waals surface area contributed by atoms with Crippen LogP contribution in [0.3, 0.4) is 0 Å². The van der Waals surface area contributed by atoms with Gasteiger partial charge in [0.05, 0.1) is 0 Å². The molecule has 0 fully saturated rings. The van der Waals surface area contributed by atoms with Gasteiger partial charge in [-0.05, 0) is 6.92 Å². The second kappa shape index (κ2) is 7.07. The van der Waals surface area contributed by atoms with E-state index in [4.69, 9.17) is 0 Å². The van der Waals surface area contributed by atoms with E-state index >= 15 is 0 Å². The third kappa shape index (κ3) is 5.24. The van der Waals surface area contributed by atoms with E-state index in [0.29, 0.717) is 11.6 Å². The second-order valence-corrected chi connectivity index (χ2v) is 4.67. The number of anilines is 1. The van der Waals surface area contributed by atoms with Crippen LogP contribution in [0.4, 0.5) is 19.0 Å². The Morgan fingerprint density at radius 1 is 1.26 bits per heavy atom. The number of alkyl halides is 3. The molecule has 7 nitrogen and oxygen atoms in total. The molecule has 2 heterocycles. The van der Waals surface area contributed by atoms with E-state index in [1.165, 1.54) is 6.33 Å². The molecule has 0 radical (unpaired) electrons. The first-order valence-corrected chi connectivity index (χ1v) is 6.75. The molecule has 0 aromatic carbocycles. The zero-order valence-electron chi connectivity index (χ0n) is 12.3. The lowest BCUT2D eigenvalue weighted by atomic mass is 10.4. The number of aromatic nitrogens is 4. The van der Waals surface area contributed by atoms with Crippen LogP contribution in [0.1, 0.15) is 12.2 Å². The van der Waals surface area contributed by atoms with Gasteiger partial charge in [-0.2, -0.15) is 13.2 Å². The maximum atomic E-state index is 12.0. The predicted molar refractivity (Wildman–Crippen MR) is 76.1 cm³/mol. The summed E-state index contributed by atoms with van der Waals surface area (Å²) in [4.78, 5) is 23.2. The summed E-state index contributed by atoms with van der Waals surface area (Å²) in [6, 6.07) is 1.67. The van der Waals surface area contributed by atoms with Crippen molar-refractivity contribution in [2.75, 3.05) is 18.4 Å². The zero-order chi connectivity index (χ0) is 16.9. The third-order valence-electron chi connectivity index (χ3n) is 2.84. The summed E-state index contributed by atoms with van der Waals surface area (Å²) in [5.74, 6) is 0.803. The Morgan fingerprint density at radius 3 is 2.70 bits per heavy atom. The topological polar surface area (TPSA) is 84.7 Å². The van der Waals surface area contributed by atoms with Crippen molar-refractivity contribution in [2.45, 2.75) is 19.5 Å². The first-order valence-electron chi connectivity index (χ1n) is 6.75. The Morgan fingerprint density at radius 2 is 2.04 bits per heavy atom. The van der Waals surface area contributed by atoms with Crippen LogP contribution < -0.4 is 10.6 Å². The molecule has 0 spiro atoms. The molecule has 23 heavy (non-hydrogen) atoms. The van der Waals surface area contributed by atoms with Crippen molar-refractivity contribution in [3.8, 4) is 5.82 Å². The Kier molecular flexibility index (Phi) is 5.14. The van der Waals surface area contributed by atoms with E-state index in [1.807, 2.05) is 6.92 Å². The monoisotopic (exact) mass is 328 g/mol. The van der Waals surface area contributed by atoms with E-state index in [9.17, 15) is 18.0 Å². The minimum Gasteiger partial charge on any atom is -0.368 e. The largest absolute Gasteiger partial charge is 0.397 e. The molecular formula is C13H15F3N6O. The number of rotatable bonds is 6. The fraction of sp³-hybridized carbons (Fsp3) is 0.385. The van der Waals surface area contributed by atoms with Crippen LogP contribution in [-0.2, 0) is 4.79 Å². The SMILES string of the molecule is Cc1nccn1-c1cc(NCCNC(=O)CC(F)(F)F)ncn1. The molecule has 2 rings (SSSR count). The van der Waals surface area contributed by atoms with E-state index in [-0.39, 0.29) is 13.1 Å². The van der Waals surface area contributed by atoms with E-state index in [2.05, 4.69) is 25.6 Å². The van der Waals surface area contributed by atoms with Gasteiger partial charge >= 0.3 is 6.18 Å². The number of nitrogens with one attached hydrogen (secondary N) is 2. The minimum absolute atomic E-state index is 0.0539. The van der Waals surface area contributed by atoms with E-state index < -0.39 is 18.5 Å². The first kappa shape index (κ1) is 16.7. The molecule has 0 aliphatic rings. The molecule has 1 amide bonds. The summed E-state index contributed by atoms with van der Waals surface area (Å²) in [7, 11) is 0. The third-order valence-corrected chi connectivity index (χ3v) is 2.84. The molecule has 0 aliphatic heterocycles. The number of hydrogen-bond acceptors (Lipinski definition) is 5. The van der Waals surface area contributed by atoms with Gasteiger partial charge in [0.1, 0.15) is 30.2 Å². The van der Waals surface area contributed by atoms with Crippen LogP contribution in [-0.4, -0.2) is 44.7 Å². The molecule has 0 saturated carbocycles. The van der Waals surface area contributed by atoms with Crippen molar-refractivity contribution in [3.05, 3.63) is 30.6 Å². The van der Waals surface area contributed by atoms with Crippen molar-refractivity contribution >= 4 is 11.7 Å². The number of nitrogens with zero attached hydrogens (tertiary/aromatic N) is 4. The van der Waals surface area contributed by atoms with Crippen LogP contribution in [0.25, 0.3) is 5.82 Å². The second-order valence-electron chi connectivity index (χ2n) is 4.67. The summed E-state index contributed by atoms with van der Waals surface area (Å²) in [5, 5.41) is 5.08. The Hall–Kier alpha value is -2.65. The summed E-state index contributed by atoms with van der Waals surface area (Å²) < 4.78 is 37.7.